The number of carboxylic acid groups (broad SMARTS) is 1. The molecule has 37 heavy (non-hydrogen) atoms. The maximum atomic E-state index is 12.2. The molecule has 4 nitrogen and oxygen atoms in total. The van der Waals surface area contributed by atoms with E-state index in [2.05, 4.69) is 89.5 Å². The fraction of sp³-hybridized carbons (Fsp3) is 0.485. The lowest BCUT2D eigenvalue weighted by Crippen LogP contribution is -2.14. The minimum absolute atomic E-state index is 0.00838. The van der Waals surface area contributed by atoms with Crippen LogP contribution in [0.2, 0.25) is 0 Å². The van der Waals surface area contributed by atoms with Crippen LogP contribution in [0.5, 0.6) is 0 Å². The van der Waals surface area contributed by atoms with Gasteiger partial charge in [-0.2, -0.15) is 0 Å². The summed E-state index contributed by atoms with van der Waals surface area (Å²) in [5.74, 6) is 12.3. The zero-order valence-electron chi connectivity index (χ0n) is 24.3. The summed E-state index contributed by atoms with van der Waals surface area (Å²) in [6, 6.07) is 8.86. The van der Waals surface area contributed by atoms with Gasteiger partial charge in [0, 0.05) is 17.0 Å². The maximum absolute atomic E-state index is 12.2. The molecule has 4 heteroatoms. The summed E-state index contributed by atoms with van der Waals surface area (Å²) in [5.41, 5.74) is 8.35. The Hall–Kier alpha value is -3.05. The van der Waals surface area contributed by atoms with Crippen molar-refractivity contribution >= 4 is 5.97 Å². The van der Waals surface area contributed by atoms with Crippen LogP contribution in [0.15, 0.2) is 24.3 Å². The standard InChI is InChI=1S/C33H42N2O2/c1-32(2,3)24-17-22(13-11-15-34(7)8)30-26(19-24)27-20-25(33(4,5)6)18-23(14-12-16-35(9)10)31(27)28(30)21-29(36)37/h17-20,28H,15-16,21H2,1-10H3,(H,36,37). The molecule has 0 spiro atoms. The van der Waals surface area contributed by atoms with Crippen LogP contribution < -0.4 is 0 Å². The van der Waals surface area contributed by atoms with Crippen LogP contribution in [-0.4, -0.2) is 62.2 Å². The zero-order valence-corrected chi connectivity index (χ0v) is 24.3. The molecule has 0 heterocycles. The van der Waals surface area contributed by atoms with E-state index < -0.39 is 5.97 Å². The largest absolute Gasteiger partial charge is 0.481 e. The highest BCUT2D eigenvalue weighted by atomic mass is 16.4. The van der Waals surface area contributed by atoms with E-state index in [1.807, 2.05) is 38.0 Å². The van der Waals surface area contributed by atoms with Gasteiger partial charge in [0.2, 0.25) is 0 Å². The van der Waals surface area contributed by atoms with Gasteiger partial charge in [0.25, 0.3) is 0 Å². The van der Waals surface area contributed by atoms with Gasteiger partial charge in [0.15, 0.2) is 0 Å². The van der Waals surface area contributed by atoms with Gasteiger partial charge < -0.3 is 5.11 Å². The molecular formula is C33H42N2O2. The molecule has 0 aliphatic heterocycles. The van der Waals surface area contributed by atoms with Crippen molar-refractivity contribution in [1.29, 1.82) is 0 Å². The summed E-state index contributed by atoms with van der Waals surface area (Å²) in [5, 5.41) is 9.99. The number of rotatable bonds is 4. The molecule has 1 N–H and O–H groups in total. The van der Waals surface area contributed by atoms with E-state index in [0.29, 0.717) is 13.1 Å². The number of benzene rings is 2. The van der Waals surface area contributed by atoms with Crippen molar-refractivity contribution in [2.75, 3.05) is 41.3 Å². The third kappa shape index (κ3) is 6.64. The number of hydrogen-bond donors (Lipinski definition) is 1. The van der Waals surface area contributed by atoms with Gasteiger partial charge in [-0.3, -0.25) is 14.6 Å². The molecule has 0 atom stereocenters. The Labute approximate surface area is 224 Å². The summed E-state index contributed by atoms with van der Waals surface area (Å²) in [6.07, 6.45) is 0.00838. The SMILES string of the molecule is CN(C)CC#Cc1cc(C(C)(C)C)cc2c1C(CC(=O)O)c1c(C#CCN(C)C)cc(C(C)(C)C)cc1-2. The fourth-order valence-electron chi connectivity index (χ4n) is 4.68. The van der Waals surface area contributed by atoms with E-state index in [9.17, 15) is 9.90 Å². The maximum Gasteiger partial charge on any atom is 0.304 e. The molecule has 0 amide bonds. The molecule has 2 aromatic rings. The molecule has 0 radical (unpaired) electrons. The number of carbonyl (C=O) groups is 1. The number of hydrogen-bond acceptors (Lipinski definition) is 3. The first-order valence-electron chi connectivity index (χ1n) is 13.0. The molecule has 0 saturated carbocycles. The lowest BCUT2D eigenvalue weighted by Gasteiger charge is -2.22. The Morgan fingerprint density at radius 3 is 1.43 bits per heavy atom. The van der Waals surface area contributed by atoms with E-state index in [1.165, 1.54) is 11.1 Å². The third-order valence-electron chi connectivity index (χ3n) is 6.69. The molecular weight excluding hydrogens is 456 g/mol. The van der Waals surface area contributed by atoms with Crippen LogP contribution in [0.25, 0.3) is 11.1 Å². The molecule has 1 aliphatic carbocycles. The summed E-state index contributed by atoms with van der Waals surface area (Å²) < 4.78 is 0. The number of carboxylic acids is 1. The highest BCUT2D eigenvalue weighted by Crippen LogP contribution is 2.51. The Kier molecular flexibility index (Phi) is 8.28. The van der Waals surface area contributed by atoms with E-state index in [-0.39, 0.29) is 23.2 Å². The zero-order chi connectivity index (χ0) is 27.7. The van der Waals surface area contributed by atoms with Crippen molar-refractivity contribution in [3.05, 3.63) is 57.6 Å². The van der Waals surface area contributed by atoms with E-state index in [0.717, 1.165) is 33.4 Å². The van der Waals surface area contributed by atoms with Crippen LogP contribution in [0.1, 0.15) is 87.3 Å². The lowest BCUT2D eigenvalue weighted by atomic mass is 9.82. The monoisotopic (exact) mass is 498 g/mol. The second-order valence-corrected chi connectivity index (χ2v) is 12.7. The molecule has 0 bridgehead atoms. The van der Waals surface area contributed by atoms with Crippen LogP contribution in [0, 0.1) is 23.7 Å². The molecule has 3 rings (SSSR count). The summed E-state index contributed by atoms with van der Waals surface area (Å²) in [4.78, 5) is 16.3. The Balaban J connectivity index is 2.43. The van der Waals surface area contributed by atoms with Gasteiger partial charge in [-0.15, -0.1) is 0 Å². The molecule has 196 valence electrons. The summed E-state index contributed by atoms with van der Waals surface area (Å²) in [7, 11) is 8.00. The second-order valence-electron chi connectivity index (χ2n) is 12.7. The minimum atomic E-state index is -0.817. The van der Waals surface area contributed by atoms with Gasteiger partial charge in [-0.25, -0.2) is 0 Å². The quantitative estimate of drug-likeness (QED) is 0.550. The van der Waals surface area contributed by atoms with Gasteiger partial charge in [-0.05, 0) is 84.5 Å². The predicted molar refractivity (Wildman–Crippen MR) is 154 cm³/mol. The van der Waals surface area contributed by atoms with Crippen LogP contribution in [0.3, 0.4) is 0 Å². The second kappa shape index (κ2) is 10.7. The highest BCUT2D eigenvalue weighted by Gasteiger charge is 2.36. The fourth-order valence-corrected chi connectivity index (χ4v) is 4.68. The van der Waals surface area contributed by atoms with E-state index in [1.54, 1.807) is 0 Å². The van der Waals surface area contributed by atoms with Crippen molar-refractivity contribution in [3.8, 4) is 34.8 Å². The van der Waals surface area contributed by atoms with Gasteiger partial charge >= 0.3 is 5.97 Å². The van der Waals surface area contributed by atoms with E-state index >= 15 is 0 Å². The molecule has 1 aliphatic rings. The van der Waals surface area contributed by atoms with Crippen molar-refractivity contribution in [1.82, 2.24) is 9.80 Å². The molecule has 0 unspecified atom stereocenters. The molecule has 0 aromatic heterocycles. The van der Waals surface area contributed by atoms with Gasteiger partial charge in [0.05, 0.1) is 19.5 Å². The van der Waals surface area contributed by atoms with Crippen molar-refractivity contribution in [3.63, 3.8) is 0 Å². The Bertz CT molecular complexity index is 1220. The predicted octanol–water partition coefficient (Wildman–Crippen LogP) is 5.69. The Morgan fingerprint density at radius 2 is 1.14 bits per heavy atom. The third-order valence-corrected chi connectivity index (χ3v) is 6.69. The van der Waals surface area contributed by atoms with Crippen molar-refractivity contribution < 1.29 is 9.90 Å². The normalized spacial score (nSPS) is 13.1. The van der Waals surface area contributed by atoms with Gasteiger partial charge in [-0.1, -0.05) is 77.4 Å². The molecule has 0 saturated heterocycles. The molecule has 0 fully saturated rings. The molecule has 2 aromatic carbocycles. The van der Waals surface area contributed by atoms with Crippen LogP contribution in [-0.2, 0) is 15.6 Å². The van der Waals surface area contributed by atoms with Gasteiger partial charge in [0.1, 0.15) is 0 Å². The highest BCUT2D eigenvalue weighted by molar-refractivity contribution is 5.87. The topological polar surface area (TPSA) is 43.8 Å². The first-order chi connectivity index (χ1) is 17.1. The minimum Gasteiger partial charge on any atom is -0.481 e. The van der Waals surface area contributed by atoms with E-state index in [4.69, 9.17) is 0 Å². The number of aliphatic carboxylic acids is 1. The lowest BCUT2D eigenvalue weighted by molar-refractivity contribution is -0.137. The first-order valence-corrected chi connectivity index (χ1v) is 13.0. The average Bonchev–Trinajstić information content (AvgIpc) is 3.05. The number of nitrogens with zero attached hydrogens (tertiary/aromatic N) is 2. The van der Waals surface area contributed by atoms with Crippen LogP contribution in [0.4, 0.5) is 0 Å². The smallest absolute Gasteiger partial charge is 0.304 e. The van der Waals surface area contributed by atoms with Crippen molar-refractivity contribution in [2.45, 2.75) is 64.7 Å². The Morgan fingerprint density at radius 1 is 0.757 bits per heavy atom. The summed E-state index contributed by atoms with van der Waals surface area (Å²) in [6.45, 7) is 14.5. The summed E-state index contributed by atoms with van der Waals surface area (Å²) >= 11 is 0. The first kappa shape index (κ1) is 28.5. The number of fused-ring (bicyclic) bond motifs is 3. The average molecular weight is 499 g/mol. The van der Waals surface area contributed by atoms with Crippen molar-refractivity contribution in [2.24, 2.45) is 0 Å². The van der Waals surface area contributed by atoms with Crippen LogP contribution >= 0.6 is 0 Å².